The topological polar surface area (TPSA) is 47.9 Å². The molecule has 0 amide bonds. The van der Waals surface area contributed by atoms with Gasteiger partial charge < -0.3 is 19.3 Å². The first kappa shape index (κ1) is 21.2. The summed E-state index contributed by atoms with van der Waals surface area (Å²) in [5, 5.41) is 9.58. The second-order valence-electron chi connectivity index (χ2n) is 6.64. The lowest BCUT2D eigenvalue weighted by molar-refractivity contribution is 0.0187. The molecule has 0 aromatic heterocycles. The zero-order valence-corrected chi connectivity index (χ0v) is 16.9. The lowest BCUT2D eigenvalue weighted by Crippen LogP contribution is -2.35. The van der Waals surface area contributed by atoms with E-state index in [9.17, 15) is 5.11 Å². The summed E-state index contributed by atoms with van der Waals surface area (Å²) >= 11 is 6.59. The molecule has 4 nitrogen and oxygen atoms in total. The van der Waals surface area contributed by atoms with Crippen molar-refractivity contribution in [2.45, 2.75) is 24.7 Å². The Balaban J connectivity index is 1.57. The molecule has 152 valence electrons. The predicted octanol–water partition coefficient (Wildman–Crippen LogP) is 5.18. The molecular formula is C24H25ClO4. The molecule has 1 N–H and O–H groups in total. The Morgan fingerprint density at radius 3 is 1.79 bits per heavy atom. The maximum Gasteiger partial charge on any atom is 0.161 e. The fourth-order valence-electron chi connectivity index (χ4n) is 2.77. The van der Waals surface area contributed by atoms with E-state index in [1.807, 2.05) is 60.7 Å². The summed E-state index contributed by atoms with van der Waals surface area (Å²) < 4.78 is 17.6. The first-order valence-corrected chi connectivity index (χ1v) is 9.98. The number of halogens is 1. The van der Waals surface area contributed by atoms with Gasteiger partial charge in [0.2, 0.25) is 0 Å². The Hall–Kier alpha value is -2.53. The van der Waals surface area contributed by atoms with Crippen LogP contribution in [0, 0.1) is 0 Å². The molecule has 0 saturated heterocycles. The van der Waals surface area contributed by atoms with Crippen LogP contribution in [0.3, 0.4) is 0 Å². The summed E-state index contributed by atoms with van der Waals surface area (Å²) in [5.74, 6) is 0.434. The van der Waals surface area contributed by atoms with E-state index in [2.05, 4.69) is 0 Å². The van der Waals surface area contributed by atoms with Crippen molar-refractivity contribution in [1.29, 1.82) is 0 Å². The third-order valence-electron chi connectivity index (χ3n) is 4.33. The number of para-hydroxylation sites is 2. The molecule has 29 heavy (non-hydrogen) atoms. The van der Waals surface area contributed by atoms with Gasteiger partial charge in [0.15, 0.2) is 11.5 Å². The van der Waals surface area contributed by atoms with Crippen molar-refractivity contribution >= 4 is 11.6 Å². The Labute approximate surface area is 176 Å². The Morgan fingerprint density at radius 2 is 1.21 bits per heavy atom. The number of rotatable bonds is 11. The van der Waals surface area contributed by atoms with Crippen molar-refractivity contribution in [2.24, 2.45) is 0 Å². The van der Waals surface area contributed by atoms with Crippen molar-refractivity contribution in [3.05, 3.63) is 96.1 Å². The molecule has 0 radical (unpaired) electrons. The van der Waals surface area contributed by atoms with Crippen LogP contribution in [0.15, 0.2) is 84.9 Å². The van der Waals surface area contributed by atoms with Gasteiger partial charge in [0.1, 0.15) is 6.10 Å². The largest absolute Gasteiger partial charge is 0.504 e. The minimum Gasteiger partial charge on any atom is -0.504 e. The van der Waals surface area contributed by atoms with Crippen LogP contribution in [-0.2, 0) is 22.7 Å². The summed E-state index contributed by atoms with van der Waals surface area (Å²) in [6, 6.07) is 26.6. The summed E-state index contributed by atoms with van der Waals surface area (Å²) in [5.41, 5.74) is 2.15. The highest BCUT2D eigenvalue weighted by Crippen LogP contribution is 2.27. The maximum atomic E-state index is 10.0. The lowest BCUT2D eigenvalue weighted by atomic mass is 10.2. The molecule has 0 unspecified atom stereocenters. The average molecular weight is 413 g/mol. The molecule has 5 heteroatoms. The molecule has 3 aromatic carbocycles. The second kappa shape index (κ2) is 11.5. The summed E-state index contributed by atoms with van der Waals surface area (Å²) in [6.45, 7) is 1.49. The summed E-state index contributed by atoms with van der Waals surface area (Å²) in [7, 11) is 0. The number of hydrogen-bond acceptors (Lipinski definition) is 4. The first-order chi connectivity index (χ1) is 14.2. The number of ether oxygens (including phenoxy) is 3. The molecular weight excluding hydrogens is 388 g/mol. The quantitative estimate of drug-likeness (QED) is 0.441. The van der Waals surface area contributed by atoms with Gasteiger partial charge >= 0.3 is 0 Å². The van der Waals surface area contributed by atoms with Crippen molar-refractivity contribution < 1.29 is 19.3 Å². The second-order valence-corrected chi connectivity index (χ2v) is 7.20. The molecule has 3 rings (SSSR count). The normalized spacial score (nSPS) is 13.0. The van der Waals surface area contributed by atoms with Gasteiger partial charge in [-0.3, -0.25) is 0 Å². The van der Waals surface area contributed by atoms with Crippen molar-refractivity contribution in [3.8, 4) is 11.5 Å². The number of hydrogen-bond donors (Lipinski definition) is 1. The summed E-state index contributed by atoms with van der Waals surface area (Å²) in [6.07, 6.45) is -0.482. The first-order valence-electron chi connectivity index (χ1n) is 9.54. The van der Waals surface area contributed by atoms with Gasteiger partial charge in [-0.25, -0.2) is 0 Å². The molecule has 0 aliphatic rings. The number of alkyl halides is 1. The van der Waals surface area contributed by atoms with E-state index in [0.29, 0.717) is 25.6 Å². The predicted molar refractivity (Wildman–Crippen MR) is 114 cm³/mol. The molecule has 0 saturated carbocycles. The number of phenols is 1. The maximum absolute atomic E-state index is 10.0. The number of aromatic hydroxyl groups is 1. The number of benzene rings is 3. The molecule has 0 spiro atoms. The van der Waals surface area contributed by atoms with Crippen LogP contribution < -0.4 is 4.74 Å². The van der Waals surface area contributed by atoms with E-state index in [-0.39, 0.29) is 12.4 Å². The van der Waals surface area contributed by atoms with Crippen LogP contribution >= 0.6 is 11.6 Å². The van der Waals surface area contributed by atoms with Crippen LogP contribution in [-0.4, -0.2) is 29.8 Å². The van der Waals surface area contributed by atoms with Crippen LogP contribution in [0.5, 0.6) is 11.5 Å². The van der Waals surface area contributed by atoms with Gasteiger partial charge in [-0.15, -0.1) is 11.6 Å². The van der Waals surface area contributed by atoms with E-state index in [1.54, 1.807) is 24.3 Å². The van der Waals surface area contributed by atoms with E-state index in [0.717, 1.165) is 11.1 Å². The molecule has 0 aliphatic carbocycles. The summed E-state index contributed by atoms with van der Waals surface area (Å²) in [4.78, 5) is 0. The fourth-order valence-corrected chi connectivity index (χ4v) is 2.98. The van der Waals surface area contributed by atoms with E-state index in [4.69, 9.17) is 25.8 Å². The molecule has 3 aromatic rings. The minimum absolute atomic E-state index is 0.0645. The average Bonchev–Trinajstić information content (AvgIpc) is 2.76. The Morgan fingerprint density at radius 1 is 0.690 bits per heavy atom. The van der Waals surface area contributed by atoms with Crippen molar-refractivity contribution in [2.75, 3.05) is 13.2 Å². The monoisotopic (exact) mass is 412 g/mol. The molecule has 0 bridgehead atoms. The van der Waals surface area contributed by atoms with E-state index in [1.165, 1.54) is 0 Å². The Bertz CT molecular complexity index is 842. The van der Waals surface area contributed by atoms with Gasteiger partial charge in [-0.2, -0.15) is 0 Å². The van der Waals surface area contributed by atoms with Crippen LogP contribution in [0.25, 0.3) is 0 Å². The van der Waals surface area contributed by atoms with Crippen LogP contribution in [0.4, 0.5) is 0 Å². The highest BCUT2D eigenvalue weighted by atomic mass is 35.5. The van der Waals surface area contributed by atoms with Gasteiger partial charge in [0, 0.05) is 0 Å². The zero-order valence-electron chi connectivity index (χ0n) is 16.1. The van der Waals surface area contributed by atoms with Gasteiger partial charge in [-0.05, 0) is 23.3 Å². The third-order valence-corrected chi connectivity index (χ3v) is 4.74. The molecule has 2 atom stereocenters. The highest BCUT2D eigenvalue weighted by molar-refractivity contribution is 6.21. The van der Waals surface area contributed by atoms with Gasteiger partial charge in [-0.1, -0.05) is 72.8 Å². The van der Waals surface area contributed by atoms with E-state index >= 15 is 0 Å². The third kappa shape index (κ3) is 7.09. The fraction of sp³-hybridized carbons (Fsp3) is 0.250. The highest BCUT2D eigenvalue weighted by Gasteiger charge is 2.23. The minimum atomic E-state index is -0.482. The molecule has 0 aliphatic heterocycles. The van der Waals surface area contributed by atoms with Gasteiger partial charge in [0.25, 0.3) is 0 Å². The molecule has 0 fully saturated rings. The molecule has 0 heterocycles. The standard InChI is InChI=1S/C24H25ClO4/c25-21(17-27-15-19-9-3-1-4-10-19)24(29-23-14-8-7-13-22(23)26)18-28-16-20-11-5-2-6-12-20/h1-14,21,24,26H,15-18H2/t21-,24+/m0/s1. The van der Waals surface area contributed by atoms with Gasteiger partial charge in [0.05, 0.1) is 31.8 Å². The Kier molecular flexibility index (Phi) is 8.38. The van der Waals surface area contributed by atoms with Crippen LogP contribution in [0.1, 0.15) is 11.1 Å². The zero-order chi connectivity index (χ0) is 20.3. The van der Waals surface area contributed by atoms with E-state index < -0.39 is 11.5 Å². The van der Waals surface area contributed by atoms with Crippen molar-refractivity contribution in [3.63, 3.8) is 0 Å². The lowest BCUT2D eigenvalue weighted by Gasteiger charge is -2.24. The smallest absolute Gasteiger partial charge is 0.161 e. The number of phenolic OH excluding ortho intramolecular Hbond substituents is 1. The van der Waals surface area contributed by atoms with Crippen molar-refractivity contribution in [1.82, 2.24) is 0 Å². The SMILES string of the molecule is Oc1ccccc1O[C@H](COCc1ccccc1)[C@@H](Cl)COCc1ccccc1. The van der Waals surface area contributed by atoms with Crippen LogP contribution in [0.2, 0.25) is 0 Å².